The number of carboxylic acids is 1. The molecule has 3 saturated carbocycles. The van der Waals surface area contributed by atoms with Gasteiger partial charge in [-0.15, -0.1) is 0 Å². The number of aliphatic carboxylic acids is 1. The molecule has 1 aromatic heterocycles. The number of nitriles is 1. The van der Waals surface area contributed by atoms with Crippen molar-refractivity contribution in [2.45, 2.75) is 49.5 Å². The van der Waals surface area contributed by atoms with Crippen LogP contribution in [-0.4, -0.2) is 37.1 Å². The number of carbonyl (C=O) groups is 1. The summed E-state index contributed by atoms with van der Waals surface area (Å²) in [6.45, 7) is 1.66. The van der Waals surface area contributed by atoms with E-state index in [1.165, 1.54) is 24.3 Å². The van der Waals surface area contributed by atoms with Crippen molar-refractivity contribution in [2.75, 3.05) is 16.2 Å². The standard InChI is InChI=1S/C30H28F2N4O4S/c1-16-2-8-21(9-3-16)41(39,40)36-15-24(23-11-20(31)14-34-29(23)36)22-12-26(25(32)10-19(22)13-33)35-28-18-6-4-17(5-7-18)27(28)30(37)38/h2-3,8-12,14,17-18,24,27-28,35H,4-7,15H2,1H3,(H,37,38)/t17?,18?,24?,27-,28-/m0/s1. The van der Waals surface area contributed by atoms with E-state index in [0.717, 1.165) is 47.8 Å². The molecule has 3 aliphatic carbocycles. The van der Waals surface area contributed by atoms with Gasteiger partial charge in [-0.2, -0.15) is 5.26 Å². The Morgan fingerprint density at radius 1 is 1.07 bits per heavy atom. The summed E-state index contributed by atoms with van der Waals surface area (Å²) in [5, 5.41) is 23.0. The van der Waals surface area contributed by atoms with Gasteiger partial charge in [0, 0.05) is 24.1 Å². The molecule has 2 heterocycles. The molecule has 1 unspecified atom stereocenters. The van der Waals surface area contributed by atoms with Gasteiger partial charge in [0.25, 0.3) is 10.0 Å². The predicted octanol–water partition coefficient (Wildman–Crippen LogP) is 5.18. The maximum Gasteiger partial charge on any atom is 0.308 e. The number of hydrogen-bond acceptors (Lipinski definition) is 6. The van der Waals surface area contributed by atoms with Gasteiger partial charge in [-0.3, -0.25) is 4.79 Å². The smallest absolute Gasteiger partial charge is 0.308 e. The van der Waals surface area contributed by atoms with Gasteiger partial charge >= 0.3 is 5.97 Å². The van der Waals surface area contributed by atoms with Crippen LogP contribution in [0.4, 0.5) is 20.3 Å². The third-order valence-corrected chi connectivity index (χ3v) is 10.7. The van der Waals surface area contributed by atoms with Crippen LogP contribution in [0.5, 0.6) is 0 Å². The Hall–Kier alpha value is -4.04. The van der Waals surface area contributed by atoms with Gasteiger partial charge in [-0.25, -0.2) is 26.5 Å². The Balaban J connectivity index is 1.42. The molecule has 0 spiro atoms. The molecular weight excluding hydrogens is 550 g/mol. The van der Waals surface area contributed by atoms with Gasteiger partial charge in [-0.05, 0) is 80.3 Å². The lowest BCUT2D eigenvalue weighted by molar-refractivity contribution is -0.148. The Kier molecular flexibility index (Phi) is 6.69. The number of benzene rings is 2. The molecule has 2 aromatic carbocycles. The number of fused-ring (bicyclic) bond motifs is 4. The minimum Gasteiger partial charge on any atom is -0.481 e. The van der Waals surface area contributed by atoms with Gasteiger partial charge in [0.15, 0.2) is 0 Å². The molecule has 7 rings (SSSR count). The van der Waals surface area contributed by atoms with Gasteiger partial charge in [0.2, 0.25) is 0 Å². The number of aryl methyl sites for hydroxylation is 1. The Bertz CT molecular complexity index is 1680. The van der Waals surface area contributed by atoms with E-state index in [0.29, 0.717) is 5.56 Å². The molecule has 41 heavy (non-hydrogen) atoms. The van der Waals surface area contributed by atoms with Gasteiger partial charge in [-0.1, -0.05) is 17.7 Å². The zero-order valence-corrected chi connectivity index (χ0v) is 23.0. The molecule has 3 atom stereocenters. The van der Waals surface area contributed by atoms with Crippen LogP contribution in [0.25, 0.3) is 0 Å². The normalized spacial score (nSPS) is 25.0. The third-order valence-electron chi connectivity index (χ3n) is 8.89. The first-order valence-electron chi connectivity index (χ1n) is 13.6. The fourth-order valence-electron chi connectivity index (χ4n) is 6.86. The van der Waals surface area contributed by atoms with Crippen molar-refractivity contribution in [3.8, 4) is 6.07 Å². The highest BCUT2D eigenvalue weighted by molar-refractivity contribution is 7.92. The van der Waals surface area contributed by atoms with E-state index in [1.807, 2.05) is 13.0 Å². The monoisotopic (exact) mass is 578 g/mol. The highest BCUT2D eigenvalue weighted by Gasteiger charge is 2.47. The van der Waals surface area contributed by atoms with Crippen molar-refractivity contribution in [1.82, 2.24) is 4.98 Å². The van der Waals surface area contributed by atoms with Crippen molar-refractivity contribution >= 4 is 27.5 Å². The average molecular weight is 579 g/mol. The molecule has 212 valence electrons. The Labute approximate surface area is 236 Å². The number of aromatic nitrogens is 1. The first-order valence-corrected chi connectivity index (χ1v) is 15.0. The zero-order chi connectivity index (χ0) is 29.1. The lowest BCUT2D eigenvalue weighted by Gasteiger charge is -2.47. The summed E-state index contributed by atoms with van der Waals surface area (Å²) >= 11 is 0. The lowest BCUT2D eigenvalue weighted by atomic mass is 9.61. The fraction of sp³-hybridized carbons (Fsp3) is 0.367. The number of nitrogens with one attached hydrogen (secondary N) is 1. The SMILES string of the molecule is Cc1ccc(S(=O)(=O)N2CC(c3cc(N[C@H]4C5CCC(CC5)[C@@H]4C(=O)O)c(F)cc3C#N)c3cc(F)cnc32)cc1. The topological polar surface area (TPSA) is 123 Å². The van der Waals surface area contributed by atoms with Crippen molar-refractivity contribution in [2.24, 2.45) is 17.8 Å². The summed E-state index contributed by atoms with van der Waals surface area (Å²) in [6, 6.07) is 11.5. The summed E-state index contributed by atoms with van der Waals surface area (Å²) in [6.07, 6.45) is 4.28. The van der Waals surface area contributed by atoms with Crippen LogP contribution in [0.2, 0.25) is 0 Å². The third kappa shape index (κ3) is 4.60. The van der Waals surface area contributed by atoms with Gasteiger partial charge in [0.1, 0.15) is 17.5 Å². The predicted molar refractivity (Wildman–Crippen MR) is 147 cm³/mol. The Morgan fingerprint density at radius 2 is 1.76 bits per heavy atom. The minimum absolute atomic E-state index is 0.00668. The van der Waals surface area contributed by atoms with Crippen molar-refractivity contribution < 1.29 is 27.1 Å². The second kappa shape index (κ2) is 10.1. The molecule has 3 fully saturated rings. The molecule has 11 heteroatoms. The summed E-state index contributed by atoms with van der Waals surface area (Å²) in [5.41, 5.74) is 1.45. The van der Waals surface area contributed by atoms with Crippen LogP contribution in [-0.2, 0) is 14.8 Å². The average Bonchev–Trinajstić information content (AvgIpc) is 3.33. The molecule has 0 radical (unpaired) electrons. The van der Waals surface area contributed by atoms with E-state index < -0.39 is 45.5 Å². The largest absolute Gasteiger partial charge is 0.481 e. The molecule has 0 saturated heterocycles. The number of sulfonamides is 1. The first kappa shape index (κ1) is 27.1. The van der Waals surface area contributed by atoms with Crippen LogP contribution < -0.4 is 9.62 Å². The van der Waals surface area contributed by atoms with Crippen LogP contribution in [0, 0.1) is 47.6 Å². The maximum absolute atomic E-state index is 15.4. The van der Waals surface area contributed by atoms with E-state index in [2.05, 4.69) is 10.3 Å². The molecule has 3 aromatic rings. The summed E-state index contributed by atoms with van der Waals surface area (Å²) in [5.74, 6) is -3.68. The van der Waals surface area contributed by atoms with Crippen molar-refractivity contribution in [3.63, 3.8) is 0 Å². The second-order valence-corrected chi connectivity index (χ2v) is 13.1. The number of anilines is 2. The van der Waals surface area contributed by atoms with E-state index in [4.69, 9.17) is 0 Å². The zero-order valence-electron chi connectivity index (χ0n) is 22.2. The van der Waals surface area contributed by atoms with Gasteiger partial charge in [0.05, 0.1) is 34.3 Å². The number of hydrogen-bond donors (Lipinski definition) is 2. The number of carboxylic acid groups (broad SMARTS) is 1. The van der Waals surface area contributed by atoms with Crippen LogP contribution in [0.15, 0.2) is 53.6 Å². The van der Waals surface area contributed by atoms with Gasteiger partial charge < -0.3 is 10.4 Å². The molecule has 2 bridgehead atoms. The fourth-order valence-corrected chi connectivity index (χ4v) is 8.32. The van der Waals surface area contributed by atoms with Crippen molar-refractivity contribution in [3.05, 3.63) is 82.5 Å². The number of nitrogens with zero attached hydrogens (tertiary/aromatic N) is 3. The van der Waals surface area contributed by atoms with Crippen LogP contribution in [0.1, 0.15) is 53.9 Å². The molecule has 8 nitrogen and oxygen atoms in total. The first-order chi connectivity index (χ1) is 19.6. The summed E-state index contributed by atoms with van der Waals surface area (Å²) in [4.78, 5) is 16.3. The Morgan fingerprint density at radius 3 is 2.41 bits per heavy atom. The molecule has 1 aliphatic heterocycles. The number of pyridine rings is 1. The van der Waals surface area contributed by atoms with E-state index in [9.17, 15) is 28.0 Å². The summed E-state index contributed by atoms with van der Waals surface area (Å²) in [7, 11) is -4.10. The van der Waals surface area contributed by atoms with Crippen molar-refractivity contribution in [1.29, 1.82) is 5.26 Å². The van der Waals surface area contributed by atoms with E-state index >= 15 is 4.39 Å². The van der Waals surface area contributed by atoms with E-state index in [1.54, 1.807) is 12.1 Å². The molecule has 4 aliphatic rings. The summed E-state index contributed by atoms with van der Waals surface area (Å²) < 4.78 is 58.3. The van der Waals surface area contributed by atoms with Crippen LogP contribution >= 0.6 is 0 Å². The second-order valence-electron chi connectivity index (χ2n) is 11.2. The highest BCUT2D eigenvalue weighted by Crippen LogP contribution is 2.48. The molecule has 0 amide bonds. The highest BCUT2D eigenvalue weighted by atomic mass is 32.2. The molecular formula is C30H28F2N4O4S. The quantitative estimate of drug-likeness (QED) is 0.413. The van der Waals surface area contributed by atoms with Crippen LogP contribution in [0.3, 0.4) is 0 Å². The molecule has 2 N–H and O–H groups in total. The number of halogens is 2. The minimum atomic E-state index is -4.10. The van der Waals surface area contributed by atoms with E-state index in [-0.39, 0.29) is 45.9 Å². The number of rotatable bonds is 6. The lowest BCUT2D eigenvalue weighted by Crippen LogP contribution is -2.51. The maximum atomic E-state index is 15.4.